The number of carbonyl (C=O) groups is 2. The van der Waals surface area contributed by atoms with Gasteiger partial charge in [0.15, 0.2) is 0 Å². The number of aliphatic hydroxyl groups excluding tert-OH is 1. The highest BCUT2D eigenvalue weighted by atomic mass is 16.4. The van der Waals surface area contributed by atoms with E-state index in [1.807, 2.05) is 13.0 Å². The first-order chi connectivity index (χ1) is 10.8. The molecule has 0 rings (SSSR count). The fourth-order valence-electron chi connectivity index (χ4n) is 2.15. The molecule has 0 aliphatic rings. The van der Waals surface area contributed by atoms with Gasteiger partial charge in [-0.05, 0) is 33.1 Å². The molecule has 0 saturated heterocycles. The number of rotatable bonds is 12. The van der Waals surface area contributed by atoms with Gasteiger partial charge in [-0.25, -0.2) is 0 Å². The van der Waals surface area contributed by atoms with Crippen LogP contribution in [0.3, 0.4) is 0 Å². The monoisotopic (exact) mass is 324 g/mol. The summed E-state index contributed by atoms with van der Waals surface area (Å²) in [4.78, 5) is 23.3. The summed E-state index contributed by atoms with van der Waals surface area (Å²) < 4.78 is 0. The van der Waals surface area contributed by atoms with Crippen LogP contribution >= 0.6 is 0 Å². The molecule has 0 aliphatic carbocycles. The zero-order valence-electron chi connectivity index (χ0n) is 13.9. The van der Waals surface area contributed by atoms with E-state index in [2.05, 4.69) is 23.8 Å². The number of allylic oxidation sites excluding steroid dienone is 3. The SMILES string of the molecule is C=CCC(NC(C)O)C(=O)N[C@H](CC/C(C=C)=C/C)CC(=O)O. The number of hydrogen-bond donors (Lipinski definition) is 4. The van der Waals surface area contributed by atoms with Crippen molar-refractivity contribution in [2.75, 3.05) is 0 Å². The highest BCUT2D eigenvalue weighted by molar-refractivity contribution is 5.82. The summed E-state index contributed by atoms with van der Waals surface area (Å²) >= 11 is 0. The Labute approximate surface area is 138 Å². The van der Waals surface area contributed by atoms with Crippen molar-refractivity contribution in [1.82, 2.24) is 10.6 Å². The zero-order valence-corrected chi connectivity index (χ0v) is 13.9. The molecule has 6 heteroatoms. The van der Waals surface area contributed by atoms with Gasteiger partial charge in [-0.15, -0.1) is 6.58 Å². The molecule has 2 unspecified atom stereocenters. The summed E-state index contributed by atoms with van der Waals surface area (Å²) in [7, 11) is 0. The Kier molecular flexibility index (Phi) is 10.7. The van der Waals surface area contributed by atoms with Crippen LogP contribution in [-0.4, -0.2) is 40.4 Å². The van der Waals surface area contributed by atoms with Crippen LogP contribution in [0, 0.1) is 0 Å². The molecule has 0 heterocycles. The van der Waals surface area contributed by atoms with Gasteiger partial charge in [0, 0.05) is 6.04 Å². The Bertz CT molecular complexity index is 444. The van der Waals surface area contributed by atoms with E-state index in [0.29, 0.717) is 19.3 Å². The number of carboxylic acid groups (broad SMARTS) is 1. The normalized spacial score (nSPS) is 15.3. The molecule has 1 amide bonds. The largest absolute Gasteiger partial charge is 0.481 e. The average Bonchev–Trinajstić information content (AvgIpc) is 2.46. The summed E-state index contributed by atoms with van der Waals surface area (Å²) in [6.45, 7) is 10.7. The lowest BCUT2D eigenvalue weighted by Crippen LogP contribution is -2.50. The molecule has 6 nitrogen and oxygen atoms in total. The van der Waals surface area contributed by atoms with Crippen LogP contribution in [0.4, 0.5) is 0 Å². The van der Waals surface area contributed by atoms with E-state index < -0.39 is 24.3 Å². The van der Waals surface area contributed by atoms with Gasteiger partial charge in [-0.3, -0.25) is 14.9 Å². The summed E-state index contributed by atoms with van der Waals surface area (Å²) in [6.07, 6.45) is 5.66. The topological polar surface area (TPSA) is 98.7 Å². The second kappa shape index (κ2) is 11.6. The van der Waals surface area contributed by atoms with Crippen LogP contribution in [-0.2, 0) is 9.59 Å². The van der Waals surface area contributed by atoms with E-state index >= 15 is 0 Å². The van der Waals surface area contributed by atoms with E-state index in [1.54, 1.807) is 12.2 Å². The molecule has 0 aromatic carbocycles. The maximum absolute atomic E-state index is 12.3. The summed E-state index contributed by atoms with van der Waals surface area (Å²) in [5.74, 6) is -1.32. The maximum Gasteiger partial charge on any atom is 0.305 e. The van der Waals surface area contributed by atoms with Crippen molar-refractivity contribution in [3.05, 3.63) is 37.0 Å². The number of aliphatic hydroxyl groups is 1. The first-order valence-corrected chi connectivity index (χ1v) is 7.68. The van der Waals surface area contributed by atoms with Gasteiger partial charge in [-0.2, -0.15) is 0 Å². The van der Waals surface area contributed by atoms with E-state index in [1.165, 1.54) is 6.92 Å². The van der Waals surface area contributed by atoms with Gasteiger partial charge < -0.3 is 15.5 Å². The molecule has 0 spiro atoms. The van der Waals surface area contributed by atoms with Crippen LogP contribution in [0.25, 0.3) is 0 Å². The van der Waals surface area contributed by atoms with Crippen LogP contribution in [0.2, 0.25) is 0 Å². The first-order valence-electron chi connectivity index (χ1n) is 7.68. The van der Waals surface area contributed by atoms with Crippen molar-refractivity contribution < 1.29 is 19.8 Å². The number of amides is 1. The number of nitrogens with one attached hydrogen (secondary N) is 2. The molecule has 0 radical (unpaired) electrons. The van der Waals surface area contributed by atoms with Crippen LogP contribution < -0.4 is 10.6 Å². The summed E-state index contributed by atoms with van der Waals surface area (Å²) in [5.41, 5.74) is 0.999. The predicted octanol–water partition coefficient (Wildman–Crippen LogP) is 1.73. The van der Waals surface area contributed by atoms with Gasteiger partial charge in [-0.1, -0.05) is 30.4 Å². The van der Waals surface area contributed by atoms with Crippen LogP contribution in [0.15, 0.2) is 37.0 Å². The Balaban J connectivity index is 4.83. The zero-order chi connectivity index (χ0) is 17.8. The van der Waals surface area contributed by atoms with Crippen molar-refractivity contribution in [3.8, 4) is 0 Å². The van der Waals surface area contributed by atoms with Gasteiger partial charge in [0.1, 0.15) is 6.23 Å². The fourth-order valence-corrected chi connectivity index (χ4v) is 2.15. The van der Waals surface area contributed by atoms with E-state index in [0.717, 1.165) is 5.57 Å². The number of carboxylic acids is 1. The van der Waals surface area contributed by atoms with Crippen LogP contribution in [0.1, 0.15) is 39.5 Å². The smallest absolute Gasteiger partial charge is 0.305 e. The third-order valence-electron chi connectivity index (χ3n) is 3.34. The number of hydrogen-bond acceptors (Lipinski definition) is 4. The quantitative estimate of drug-likeness (QED) is 0.249. The average molecular weight is 324 g/mol. The Hall–Kier alpha value is -1.92. The minimum atomic E-state index is -0.973. The van der Waals surface area contributed by atoms with Gasteiger partial charge >= 0.3 is 5.97 Å². The van der Waals surface area contributed by atoms with Crippen molar-refractivity contribution in [2.24, 2.45) is 0 Å². The Morgan fingerprint density at radius 2 is 1.96 bits per heavy atom. The van der Waals surface area contributed by atoms with Crippen molar-refractivity contribution >= 4 is 11.9 Å². The van der Waals surface area contributed by atoms with Gasteiger partial charge in [0.05, 0.1) is 12.5 Å². The molecule has 4 N–H and O–H groups in total. The lowest BCUT2D eigenvalue weighted by Gasteiger charge is -2.23. The van der Waals surface area contributed by atoms with E-state index in [4.69, 9.17) is 5.11 Å². The minimum absolute atomic E-state index is 0.157. The second-order valence-corrected chi connectivity index (χ2v) is 5.33. The minimum Gasteiger partial charge on any atom is -0.481 e. The summed E-state index contributed by atoms with van der Waals surface area (Å²) in [5, 5.41) is 23.8. The summed E-state index contributed by atoms with van der Waals surface area (Å²) in [6, 6.07) is -1.14. The number of aliphatic carboxylic acids is 1. The molecule has 3 atom stereocenters. The Morgan fingerprint density at radius 3 is 2.39 bits per heavy atom. The van der Waals surface area contributed by atoms with Crippen molar-refractivity contribution in [2.45, 2.75) is 57.8 Å². The lowest BCUT2D eigenvalue weighted by atomic mass is 10.0. The van der Waals surface area contributed by atoms with Gasteiger partial charge in [0.25, 0.3) is 0 Å². The first kappa shape index (κ1) is 21.1. The molecule has 0 saturated carbocycles. The van der Waals surface area contributed by atoms with Gasteiger partial charge in [0.2, 0.25) is 5.91 Å². The Morgan fingerprint density at radius 1 is 1.30 bits per heavy atom. The van der Waals surface area contributed by atoms with Crippen molar-refractivity contribution in [3.63, 3.8) is 0 Å². The van der Waals surface area contributed by atoms with Crippen LogP contribution in [0.5, 0.6) is 0 Å². The molecule has 0 bridgehead atoms. The molecular weight excluding hydrogens is 296 g/mol. The highest BCUT2D eigenvalue weighted by Crippen LogP contribution is 2.11. The molecule has 0 aliphatic heterocycles. The van der Waals surface area contributed by atoms with E-state index in [9.17, 15) is 14.7 Å². The second-order valence-electron chi connectivity index (χ2n) is 5.33. The molecular formula is C17H28N2O4. The third-order valence-corrected chi connectivity index (χ3v) is 3.34. The number of carbonyl (C=O) groups excluding carboxylic acids is 1. The van der Waals surface area contributed by atoms with Crippen molar-refractivity contribution in [1.29, 1.82) is 0 Å². The molecule has 0 fully saturated rings. The maximum atomic E-state index is 12.3. The molecule has 0 aromatic heterocycles. The molecule has 0 aromatic rings. The molecule has 23 heavy (non-hydrogen) atoms. The highest BCUT2D eigenvalue weighted by Gasteiger charge is 2.22. The molecule has 130 valence electrons. The fraction of sp³-hybridized carbons (Fsp3) is 0.529. The standard InChI is InChI=1S/C17H28N2O4/c1-5-8-15(18-12(4)20)17(23)19-14(11-16(21)22)10-9-13(6-2)7-3/h5-7,12,14-15,18,20H,1-2,8-11H2,3-4H3,(H,19,23)(H,21,22)/b13-7+/t12?,14-,15?/m1/s1. The lowest BCUT2D eigenvalue weighted by molar-refractivity contribution is -0.137. The third kappa shape index (κ3) is 9.65. The van der Waals surface area contributed by atoms with E-state index in [-0.39, 0.29) is 12.3 Å². The predicted molar refractivity (Wildman–Crippen MR) is 90.8 cm³/mol.